The summed E-state index contributed by atoms with van der Waals surface area (Å²) in [6.45, 7) is 1.02. The highest BCUT2D eigenvalue weighted by Crippen LogP contribution is 2.20. The lowest BCUT2D eigenvalue weighted by atomic mass is 10.2. The van der Waals surface area contributed by atoms with Crippen LogP contribution in [-0.4, -0.2) is 20.1 Å². The number of halogens is 2. The molecular formula is C10H13F2NO3S. The van der Waals surface area contributed by atoms with Crippen molar-refractivity contribution in [3.05, 3.63) is 29.3 Å². The molecule has 0 aliphatic rings. The van der Waals surface area contributed by atoms with Crippen LogP contribution in [-0.2, 0) is 16.6 Å². The van der Waals surface area contributed by atoms with Crippen LogP contribution in [0.5, 0.6) is 0 Å². The first-order valence-electron chi connectivity index (χ1n) is 5.01. The number of hydrogen-bond acceptors (Lipinski definition) is 3. The first kappa shape index (κ1) is 14.0. The topological polar surface area (TPSA) is 66.4 Å². The second-order valence-corrected chi connectivity index (χ2v) is 5.13. The van der Waals surface area contributed by atoms with Crippen molar-refractivity contribution in [3.8, 4) is 0 Å². The van der Waals surface area contributed by atoms with Gasteiger partial charge in [-0.1, -0.05) is 6.92 Å². The number of sulfonamides is 1. The van der Waals surface area contributed by atoms with Crippen molar-refractivity contribution in [3.63, 3.8) is 0 Å². The fraction of sp³-hybridized carbons (Fsp3) is 0.400. The molecule has 0 saturated carbocycles. The highest BCUT2D eigenvalue weighted by atomic mass is 32.2. The first-order valence-corrected chi connectivity index (χ1v) is 6.49. The average molecular weight is 265 g/mol. The van der Waals surface area contributed by atoms with Crippen LogP contribution >= 0.6 is 0 Å². The number of hydrogen-bond donors (Lipinski definition) is 2. The number of benzene rings is 1. The van der Waals surface area contributed by atoms with Gasteiger partial charge in [-0.3, -0.25) is 0 Å². The molecule has 0 spiro atoms. The zero-order valence-electron chi connectivity index (χ0n) is 9.20. The van der Waals surface area contributed by atoms with Crippen molar-refractivity contribution in [2.24, 2.45) is 0 Å². The van der Waals surface area contributed by atoms with Gasteiger partial charge < -0.3 is 5.11 Å². The normalized spacial score (nSPS) is 11.8. The maximum Gasteiger partial charge on any atom is 0.243 e. The van der Waals surface area contributed by atoms with Gasteiger partial charge in [-0.15, -0.1) is 0 Å². The Labute approximate surface area is 98.3 Å². The molecule has 17 heavy (non-hydrogen) atoms. The second kappa shape index (κ2) is 5.52. The predicted molar refractivity (Wildman–Crippen MR) is 57.8 cm³/mol. The molecule has 0 radical (unpaired) electrons. The van der Waals surface area contributed by atoms with Gasteiger partial charge in [-0.05, 0) is 18.6 Å². The Morgan fingerprint density at radius 3 is 2.53 bits per heavy atom. The standard InChI is InChI=1S/C10H13F2NO3S/c1-2-5-13-17(15,16)9-4-3-8(11)7(6-14)10(9)12/h3-4,13-14H,2,5-6H2,1H3. The van der Waals surface area contributed by atoms with Crippen LogP contribution in [0.15, 0.2) is 17.0 Å². The predicted octanol–water partition coefficient (Wildman–Crippen LogP) is 1.15. The molecule has 1 aromatic rings. The van der Waals surface area contributed by atoms with Gasteiger partial charge in [0.05, 0.1) is 12.2 Å². The van der Waals surface area contributed by atoms with Gasteiger partial charge in [0.25, 0.3) is 0 Å². The number of aliphatic hydroxyl groups is 1. The lowest BCUT2D eigenvalue weighted by molar-refractivity contribution is 0.267. The molecule has 0 bridgehead atoms. The third kappa shape index (κ3) is 2.99. The highest BCUT2D eigenvalue weighted by Gasteiger charge is 2.22. The molecule has 0 aromatic heterocycles. The van der Waals surface area contributed by atoms with E-state index in [1.165, 1.54) is 0 Å². The molecule has 1 aromatic carbocycles. The van der Waals surface area contributed by atoms with Gasteiger partial charge in [-0.25, -0.2) is 21.9 Å². The van der Waals surface area contributed by atoms with Gasteiger partial charge >= 0.3 is 0 Å². The largest absolute Gasteiger partial charge is 0.391 e. The summed E-state index contributed by atoms with van der Waals surface area (Å²) < 4.78 is 52.1. The molecule has 7 heteroatoms. The minimum atomic E-state index is -4.01. The molecule has 0 amide bonds. The van der Waals surface area contributed by atoms with E-state index in [9.17, 15) is 17.2 Å². The Hall–Kier alpha value is -1.05. The molecule has 0 atom stereocenters. The Morgan fingerprint density at radius 2 is 2.00 bits per heavy atom. The average Bonchev–Trinajstić information content (AvgIpc) is 2.26. The zero-order valence-corrected chi connectivity index (χ0v) is 10.0. The lowest BCUT2D eigenvalue weighted by Gasteiger charge is -2.09. The molecule has 1 rings (SSSR count). The third-order valence-corrected chi connectivity index (χ3v) is 3.62. The summed E-state index contributed by atoms with van der Waals surface area (Å²) in [6, 6.07) is 1.65. The van der Waals surface area contributed by atoms with E-state index in [1.807, 2.05) is 0 Å². The van der Waals surface area contributed by atoms with E-state index >= 15 is 0 Å². The molecule has 0 saturated heterocycles. The Kier molecular flexibility index (Phi) is 4.55. The smallest absolute Gasteiger partial charge is 0.243 e. The van der Waals surface area contributed by atoms with Crippen LogP contribution in [0.4, 0.5) is 8.78 Å². The van der Waals surface area contributed by atoms with Crippen LogP contribution in [0, 0.1) is 11.6 Å². The van der Waals surface area contributed by atoms with Crippen molar-refractivity contribution in [1.29, 1.82) is 0 Å². The molecule has 4 nitrogen and oxygen atoms in total. The summed E-state index contributed by atoms with van der Waals surface area (Å²) >= 11 is 0. The summed E-state index contributed by atoms with van der Waals surface area (Å²) in [5, 5.41) is 8.77. The highest BCUT2D eigenvalue weighted by molar-refractivity contribution is 7.89. The number of nitrogens with one attached hydrogen (secondary N) is 1. The third-order valence-electron chi connectivity index (χ3n) is 2.14. The van der Waals surface area contributed by atoms with Gasteiger partial charge in [-0.2, -0.15) is 0 Å². The molecule has 2 N–H and O–H groups in total. The van der Waals surface area contributed by atoms with Gasteiger partial charge in [0.15, 0.2) is 5.82 Å². The molecule has 0 fully saturated rings. The molecule has 0 aliphatic heterocycles. The number of rotatable bonds is 5. The van der Waals surface area contributed by atoms with Crippen molar-refractivity contribution < 1.29 is 22.3 Å². The van der Waals surface area contributed by atoms with Crippen molar-refractivity contribution in [1.82, 2.24) is 4.72 Å². The molecule has 96 valence electrons. The number of aliphatic hydroxyl groups excluding tert-OH is 1. The van der Waals surface area contributed by atoms with Crippen molar-refractivity contribution >= 4 is 10.0 Å². The zero-order chi connectivity index (χ0) is 13.1. The monoisotopic (exact) mass is 265 g/mol. The molecule has 0 unspecified atom stereocenters. The minimum absolute atomic E-state index is 0.160. The Balaban J connectivity index is 3.24. The van der Waals surface area contributed by atoms with Crippen molar-refractivity contribution in [2.75, 3.05) is 6.54 Å². The van der Waals surface area contributed by atoms with Gasteiger partial charge in [0, 0.05) is 6.54 Å². The van der Waals surface area contributed by atoms with Crippen LogP contribution < -0.4 is 4.72 Å². The summed E-state index contributed by atoms with van der Waals surface area (Å²) in [4.78, 5) is -0.656. The van der Waals surface area contributed by atoms with Crippen LogP contribution in [0.3, 0.4) is 0 Å². The van der Waals surface area contributed by atoms with E-state index in [0.717, 1.165) is 12.1 Å². The lowest BCUT2D eigenvalue weighted by Crippen LogP contribution is -2.25. The summed E-state index contributed by atoms with van der Waals surface area (Å²) in [5.41, 5.74) is -0.649. The van der Waals surface area contributed by atoms with Crippen LogP contribution in [0.1, 0.15) is 18.9 Å². The van der Waals surface area contributed by atoms with E-state index in [0.29, 0.717) is 6.42 Å². The fourth-order valence-electron chi connectivity index (χ4n) is 1.24. The van der Waals surface area contributed by atoms with Crippen molar-refractivity contribution in [2.45, 2.75) is 24.8 Å². The summed E-state index contributed by atoms with van der Waals surface area (Å²) in [5.74, 6) is -2.23. The molecule has 0 heterocycles. The second-order valence-electron chi connectivity index (χ2n) is 3.39. The van der Waals surface area contributed by atoms with E-state index in [-0.39, 0.29) is 6.54 Å². The molecule has 0 aliphatic carbocycles. The summed E-state index contributed by atoms with van der Waals surface area (Å²) in [6.07, 6.45) is 0.550. The van der Waals surface area contributed by atoms with E-state index in [4.69, 9.17) is 5.11 Å². The van der Waals surface area contributed by atoms with Gasteiger partial charge in [0.1, 0.15) is 10.7 Å². The van der Waals surface area contributed by atoms with Gasteiger partial charge in [0.2, 0.25) is 10.0 Å². The minimum Gasteiger partial charge on any atom is -0.391 e. The molecular weight excluding hydrogens is 252 g/mol. The SMILES string of the molecule is CCCNS(=O)(=O)c1ccc(F)c(CO)c1F. The maximum absolute atomic E-state index is 13.6. The quantitative estimate of drug-likeness (QED) is 0.839. The van der Waals surface area contributed by atoms with Crippen LogP contribution in [0.2, 0.25) is 0 Å². The van der Waals surface area contributed by atoms with E-state index < -0.39 is 38.7 Å². The fourth-order valence-corrected chi connectivity index (χ4v) is 2.48. The van der Waals surface area contributed by atoms with Crippen LogP contribution in [0.25, 0.3) is 0 Å². The van der Waals surface area contributed by atoms with E-state index in [1.54, 1.807) is 6.92 Å². The Morgan fingerprint density at radius 1 is 1.35 bits per heavy atom. The summed E-state index contributed by atoms with van der Waals surface area (Å²) in [7, 11) is -4.01. The first-order chi connectivity index (χ1) is 7.94. The Bertz CT molecular complexity index is 503. The van der Waals surface area contributed by atoms with E-state index in [2.05, 4.69) is 4.72 Å². The maximum atomic E-state index is 13.6.